The van der Waals surface area contributed by atoms with Crippen LogP contribution in [0.25, 0.3) is 0 Å². The zero-order valence-corrected chi connectivity index (χ0v) is 16.6. The van der Waals surface area contributed by atoms with Crippen molar-refractivity contribution in [1.82, 2.24) is 0 Å². The van der Waals surface area contributed by atoms with Gasteiger partial charge in [0.15, 0.2) is 0 Å². The molecule has 5 atom stereocenters. The van der Waals surface area contributed by atoms with Crippen LogP contribution < -0.4 is 5.32 Å². The number of carbonyl (C=O) groups excluding carboxylic acids is 1. The van der Waals surface area contributed by atoms with Crippen LogP contribution >= 0.6 is 0 Å². The molecule has 2 fully saturated rings. The molecule has 5 heteroatoms. The number of ether oxygens (including phenoxy) is 1. The van der Waals surface area contributed by atoms with E-state index in [1.54, 1.807) is 12.1 Å². The maximum absolute atomic E-state index is 12.5. The smallest absolute Gasteiger partial charge is 0.338 e. The number of rotatable bonds is 3. The van der Waals surface area contributed by atoms with E-state index in [-0.39, 0.29) is 12.0 Å². The van der Waals surface area contributed by atoms with E-state index < -0.39 is 5.97 Å². The van der Waals surface area contributed by atoms with Gasteiger partial charge in [-0.05, 0) is 84.7 Å². The minimum absolute atomic E-state index is 0.122. The van der Waals surface area contributed by atoms with Crippen molar-refractivity contribution in [2.75, 3.05) is 12.4 Å². The molecule has 2 N–H and O–H groups in total. The first-order chi connectivity index (χ1) is 14.0. The van der Waals surface area contributed by atoms with Gasteiger partial charge in [0, 0.05) is 5.69 Å². The van der Waals surface area contributed by atoms with Crippen molar-refractivity contribution in [2.24, 2.45) is 17.8 Å². The molecule has 2 aliphatic carbocycles. The Kier molecular flexibility index (Phi) is 4.16. The molecule has 150 valence electrons. The number of nitrogens with one attached hydrogen (secondary N) is 1. The van der Waals surface area contributed by atoms with Gasteiger partial charge in [-0.25, -0.2) is 9.59 Å². The van der Waals surface area contributed by atoms with E-state index >= 15 is 0 Å². The molecule has 2 saturated carbocycles. The van der Waals surface area contributed by atoms with Crippen LogP contribution in [0.3, 0.4) is 0 Å². The Morgan fingerprint density at radius 2 is 1.79 bits per heavy atom. The fourth-order valence-electron chi connectivity index (χ4n) is 6.19. The Balaban J connectivity index is 1.65. The lowest BCUT2D eigenvalue weighted by Gasteiger charge is -2.44. The zero-order valence-electron chi connectivity index (χ0n) is 16.6. The van der Waals surface area contributed by atoms with Crippen molar-refractivity contribution in [2.45, 2.75) is 38.1 Å². The van der Waals surface area contributed by atoms with Gasteiger partial charge in [-0.2, -0.15) is 0 Å². The number of hydrogen-bond acceptors (Lipinski definition) is 4. The van der Waals surface area contributed by atoms with E-state index in [9.17, 15) is 14.7 Å². The van der Waals surface area contributed by atoms with Crippen LogP contribution in [0.5, 0.6) is 0 Å². The van der Waals surface area contributed by atoms with Crippen molar-refractivity contribution in [3.05, 3.63) is 64.2 Å². The summed E-state index contributed by atoms with van der Waals surface area (Å²) in [5.74, 6) is 0.784. The molecular formula is C24H25NO4. The molecule has 5 nitrogen and oxygen atoms in total. The summed E-state index contributed by atoms with van der Waals surface area (Å²) in [6.07, 6.45) is 3.64. The second-order valence-electron chi connectivity index (χ2n) is 8.70. The Labute approximate surface area is 170 Å². The molecule has 29 heavy (non-hydrogen) atoms. The summed E-state index contributed by atoms with van der Waals surface area (Å²) in [7, 11) is 1.44. The molecule has 0 saturated heterocycles. The monoisotopic (exact) mass is 391 g/mol. The third kappa shape index (κ3) is 2.67. The van der Waals surface area contributed by atoms with Crippen LogP contribution in [-0.2, 0) is 4.74 Å². The molecule has 2 aromatic carbocycles. The van der Waals surface area contributed by atoms with Gasteiger partial charge < -0.3 is 15.2 Å². The molecule has 0 radical (unpaired) electrons. The van der Waals surface area contributed by atoms with E-state index in [0.717, 1.165) is 22.4 Å². The van der Waals surface area contributed by atoms with Gasteiger partial charge in [0.1, 0.15) is 0 Å². The van der Waals surface area contributed by atoms with Gasteiger partial charge in [-0.3, -0.25) is 0 Å². The first kappa shape index (κ1) is 18.2. The highest BCUT2D eigenvalue weighted by atomic mass is 16.5. The molecule has 0 aromatic heterocycles. The second-order valence-corrected chi connectivity index (χ2v) is 8.70. The summed E-state index contributed by atoms with van der Waals surface area (Å²) in [6.45, 7) is 2.07. The largest absolute Gasteiger partial charge is 0.478 e. The predicted octanol–water partition coefficient (Wildman–Crippen LogP) is 4.78. The molecular weight excluding hydrogens is 366 g/mol. The molecule has 0 unspecified atom stereocenters. The molecule has 1 aliphatic heterocycles. The summed E-state index contributed by atoms with van der Waals surface area (Å²) >= 11 is 0. The molecule has 2 bridgehead atoms. The molecule has 3 aliphatic rings. The van der Waals surface area contributed by atoms with Gasteiger partial charge in [-0.15, -0.1) is 0 Å². The van der Waals surface area contributed by atoms with Gasteiger partial charge in [0.2, 0.25) is 0 Å². The first-order valence-electron chi connectivity index (χ1n) is 10.3. The Morgan fingerprint density at radius 3 is 2.48 bits per heavy atom. The molecule has 0 amide bonds. The number of methoxy groups -OCH3 is 1. The molecule has 5 rings (SSSR count). The van der Waals surface area contributed by atoms with Crippen LogP contribution in [0.1, 0.15) is 68.6 Å². The normalized spacial score (nSPS) is 29.0. The number of benzene rings is 2. The third-order valence-corrected chi connectivity index (χ3v) is 7.37. The summed E-state index contributed by atoms with van der Waals surface area (Å²) in [5.41, 5.74) is 5.41. The predicted molar refractivity (Wildman–Crippen MR) is 109 cm³/mol. The number of anilines is 1. The number of carbonyl (C=O) groups is 2. The summed E-state index contributed by atoms with van der Waals surface area (Å²) in [5, 5.41) is 13.0. The van der Waals surface area contributed by atoms with Crippen molar-refractivity contribution >= 4 is 17.6 Å². The Morgan fingerprint density at radius 1 is 1.07 bits per heavy atom. The van der Waals surface area contributed by atoms with Crippen molar-refractivity contribution in [3.8, 4) is 0 Å². The van der Waals surface area contributed by atoms with E-state index in [4.69, 9.17) is 4.74 Å². The van der Waals surface area contributed by atoms with Crippen LogP contribution in [0.15, 0.2) is 36.4 Å². The fraction of sp³-hybridized carbons (Fsp3) is 0.417. The average Bonchev–Trinajstić information content (AvgIpc) is 3.36. The van der Waals surface area contributed by atoms with Gasteiger partial charge in [-0.1, -0.05) is 18.2 Å². The number of aromatic carboxylic acids is 1. The van der Waals surface area contributed by atoms with Gasteiger partial charge in [0.05, 0.1) is 24.3 Å². The Hall–Kier alpha value is -2.82. The lowest BCUT2D eigenvalue weighted by Crippen LogP contribution is -2.37. The summed E-state index contributed by atoms with van der Waals surface area (Å²) in [6, 6.07) is 11.3. The minimum Gasteiger partial charge on any atom is -0.478 e. The number of aryl methyl sites for hydroxylation is 1. The van der Waals surface area contributed by atoms with E-state index in [2.05, 4.69) is 12.2 Å². The number of carboxylic acid groups (broad SMARTS) is 1. The van der Waals surface area contributed by atoms with E-state index in [1.807, 2.05) is 24.3 Å². The second kappa shape index (κ2) is 6.61. The number of fused-ring (bicyclic) bond motifs is 7. The average molecular weight is 391 g/mol. The summed E-state index contributed by atoms with van der Waals surface area (Å²) in [4.78, 5) is 23.8. The SMILES string of the molecule is COC(=O)c1ccc(C)c2c1[C@@H]1[C@H]3CC[C@@H](C3)[C@H]1[C@H](c1ccc(C(=O)O)cc1)N2. The highest BCUT2D eigenvalue weighted by molar-refractivity contribution is 5.94. The van der Waals surface area contributed by atoms with Crippen LogP contribution in [0.4, 0.5) is 5.69 Å². The number of hydrogen-bond donors (Lipinski definition) is 2. The zero-order chi connectivity index (χ0) is 20.3. The van der Waals surface area contributed by atoms with Crippen molar-refractivity contribution in [3.63, 3.8) is 0 Å². The summed E-state index contributed by atoms with van der Waals surface area (Å²) < 4.78 is 5.10. The lowest BCUT2D eigenvalue weighted by atomic mass is 9.66. The minimum atomic E-state index is -0.908. The lowest BCUT2D eigenvalue weighted by molar-refractivity contribution is 0.0596. The highest BCUT2D eigenvalue weighted by Crippen LogP contribution is 2.64. The van der Waals surface area contributed by atoms with E-state index in [0.29, 0.717) is 34.8 Å². The van der Waals surface area contributed by atoms with Crippen LogP contribution in [0.2, 0.25) is 0 Å². The van der Waals surface area contributed by atoms with Gasteiger partial charge in [0.25, 0.3) is 0 Å². The van der Waals surface area contributed by atoms with Crippen molar-refractivity contribution in [1.29, 1.82) is 0 Å². The molecule has 1 heterocycles. The molecule has 2 aromatic rings. The van der Waals surface area contributed by atoms with Crippen LogP contribution in [0, 0.1) is 24.7 Å². The quantitative estimate of drug-likeness (QED) is 0.737. The third-order valence-electron chi connectivity index (χ3n) is 7.37. The standard InChI is InChI=1S/C24H25NO4/c1-12-3-10-17(24(28)29-2)20-18-15-8-9-16(11-15)19(18)22(25-21(12)20)13-4-6-14(7-5-13)23(26)27/h3-7,10,15-16,18-19,22,25H,8-9,11H2,1-2H3,(H,26,27)/t15-,16-,18+,19+,22-/m0/s1. The van der Waals surface area contributed by atoms with E-state index in [1.165, 1.54) is 26.4 Å². The molecule has 0 spiro atoms. The first-order valence-corrected chi connectivity index (χ1v) is 10.3. The maximum Gasteiger partial charge on any atom is 0.338 e. The fourth-order valence-corrected chi connectivity index (χ4v) is 6.19. The number of carboxylic acids is 1. The number of esters is 1. The maximum atomic E-state index is 12.5. The Bertz CT molecular complexity index is 997. The highest BCUT2D eigenvalue weighted by Gasteiger charge is 2.55. The van der Waals surface area contributed by atoms with Crippen LogP contribution in [-0.4, -0.2) is 24.2 Å². The van der Waals surface area contributed by atoms with Crippen molar-refractivity contribution < 1.29 is 19.4 Å². The topological polar surface area (TPSA) is 75.6 Å². The van der Waals surface area contributed by atoms with Gasteiger partial charge >= 0.3 is 11.9 Å².